The lowest BCUT2D eigenvalue weighted by molar-refractivity contribution is 0.102. The van der Waals surface area contributed by atoms with Crippen LogP contribution in [0.1, 0.15) is 15.9 Å². The highest BCUT2D eigenvalue weighted by Gasteiger charge is 2.16. The molecule has 0 unspecified atom stereocenters. The van der Waals surface area contributed by atoms with Crippen LogP contribution >= 0.6 is 0 Å². The van der Waals surface area contributed by atoms with Crippen LogP contribution in [0.3, 0.4) is 0 Å². The molecule has 2 N–H and O–H groups in total. The van der Waals surface area contributed by atoms with E-state index < -0.39 is 0 Å². The fraction of sp³-hybridized carbons (Fsp3) is 0.133. The molecule has 1 heterocycles. The summed E-state index contributed by atoms with van der Waals surface area (Å²) in [7, 11) is 0. The lowest BCUT2D eigenvalue weighted by Gasteiger charge is -2.09. The number of ether oxygens (including phenoxy) is 2. The third-order valence-electron chi connectivity index (χ3n) is 3.09. The fourth-order valence-electron chi connectivity index (χ4n) is 2.02. The molecule has 2 aromatic carbocycles. The van der Waals surface area contributed by atoms with E-state index in [4.69, 9.17) is 9.47 Å². The molecule has 3 rings (SSSR count). The maximum Gasteiger partial charge on any atom is 0.255 e. The van der Waals surface area contributed by atoms with Crippen LogP contribution in [-0.2, 0) is 0 Å². The van der Waals surface area contributed by atoms with Crippen LogP contribution in [0.25, 0.3) is 0 Å². The Hall–Kier alpha value is -2.69. The molecular weight excluding hydrogens is 258 g/mol. The lowest BCUT2D eigenvalue weighted by Crippen LogP contribution is -2.12. The number of hydrogen-bond acceptors (Lipinski definition) is 4. The summed E-state index contributed by atoms with van der Waals surface area (Å²) in [5.74, 6) is 1.14. The van der Waals surface area contributed by atoms with Gasteiger partial charge >= 0.3 is 0 Å². The Morgan fingerprint density at radius 3 is 2.75 bits per heavy atom. The summed E-state index contributed by atoms with van der Waals surface area (Å²) in [6.45, 7) is 1.99. The molecule has 0 saturated heterocycles. The van der Waals surface area contributed by atoms with Crippen molar-refractivity contribution < 1.29 is 19.4 Å². The van der Waals surface area contributed by atoms with Crippen LogP contribution in [0.15, 0.2) is 36.4 Å². The highest BCUT2D eigenvalue weighted by atomic mass is 16.7. The number of fused-ring (bicyclic) bond motifs is 1. The van der Waals surface area contributed by atoms with E-state index in [0.29, 0.717) is 22.7 Å². The number of nitrogens with one attached hydrogen (secondary N) is 1. The number of rotatable bonds is 2. The summed E-state index contributed by atoms with van der Waals surface area (Å²) in [6, 6.07) is 9.82. The Balaban J connectivity index is 1.82. The maximum absolute atomic E-state index is 12.2. The van der Waals surface area contributed by atoms with E-state index in [1.807, 2.05) is 6.92 Å². The van der Waals surface area contributed by atoms with E-state index >= 15 is 0 Å². The normalized spacial score (nSPS) is 12.2. The second-order valence-corrected chi connectivity index (χ2v) is 4.52. The van der Waals surface area contributed by atoms with E-state index in [0.717, 1.165) is 5.56 Å². The van der Waals surface area contributed by atoms with Gasteiger partial charge in [0.1, 0.15) is 5.75 Å². The molecule has 1 amide bonds. The number of hydrogen-bond donors (Lipinski definition) is 2. The number of amides is 1. The summed E-state index contributed by atoms with van der Waals surface area (Å²) in [5, 5.41) is 12.1. The van der Waals surface area contributed by atoms with E-state index in [9.17, 15) is 9.90 Å². The second kappa shape index (κ2) is 4.77. The van der Waals surface area contributed by atoms with Crippen molar-refractivity contribution in [3.63, 3.8) is 0 Å². The Kier molecular flexibility index (Phi) is 2.95. The highest BCUT2D eigenvalue weighted by Crippen LogP contribution is 2.32. The molecule has 0 saturated carbocycles. The van der Waals surface area contributed by atoms with Crippen molar-refractivity contribution in [2.45, 2.75) is 6.92 Å². The van der Waals surface area contributed by atoms with Gasteiger partial charge in [0, 0.05) is 11.3 Å². The Morgan fingerprint density at radius 1 is 1.15 bits per heavy atom. The van der Waals surface area contributed by atoms with Crippen molar-refractivity contribution in [3.05, 3.63) is 47.5 Å². The number of aryl methyl sites for hydroxylation is 1. The first-order chi connectivity index (χ1) is 9.63. The van der Waals surface area contributed by atoms with Crippen molar-refractivity contribution in [2.75, 3.05) is 12.1 Å². The molecule has 5 nitrogen and oxygen atoms in total. The molecule has 2 aromatic rings. The predicted molar refractivity (Wildman–Crippen MR) is 73.4 cm³/mol. The Bertz CT molecular complexity index is 682. The average Bonchev–Trinajstić information content (AvgIpc) is 2.89. The fourth-order valence-corrected chi connectivity index (χ4v) is 2.02. The number of anilines is 1. The number of carbonyl (C=O) groups is 1. The minimum atomic E-state index is -0.239. The first-order valence-electron chi connectivity index (χ1n) is 6.14. The summed E-state index contributed by atoms with van der Waals surface area (Å²) in [6.07, 6.45) is 0. The van der Waals surface area contributed by atoms with Crippen LogP contribution in [-0.4, -0.2) is 17.8 Å². The second-order valence-electron chi connectivity index (χ2n) is 4.52. The Morgan fingerprint density at radius 2 is 1.95 bits per heavy atom. The van der Waals surface area contributed by atoms with Crippen LogP contribution in [0, 0.1) is 6.92 Å². The van der Waals surface area contributed by atoms with Gasteiger partial charge in [-0.3, -0.25) is 4.79 Å². The standard InChI is InChI=1S/C15H13NO4/c1-9-6-11(17)3-4-12(9)16-15(18)10-2-5-13-14(7-10)20-8-19-13/h2-7,17H,8H2,1H3,(H,16,18). The molecule has 0 radical (unpaired) electrons. The first kappa shape index (κ1) is 12.3. The smallest absolute Gasteiger partial charge is 0.255 e. The third-order valence-corrected chi connectivity index (χ3v) is 3.09. The summed E-state index contributed by atoms with van der Waals surface area (Å²) in [5.41, 5.74) is 1.94. The minimum Gasteiger partial charge on any atom is -0.508 e. The summed E-state index contributed by atoms with van der Waals surface area (Å²) < 4.78 is 10.4. The largest absolute Gasteiger partial charge is 0.508 e. The van der Waals surface area contributed by atoms with Crippen molar-refractivity contribution in [1.29, 1.82) is 0 Å². The van der Waals surface area contributed by atoms with Gasteiger partial charge in [-0.2, -0.15) is 0 Å². The van der Waals surface area contributed by atoms with Crippen LogP contribution < -0.4 is 14.8 Å². The zero-order valence-electron chi connectivity index (χ0n) is 10.8. The topological polar surface area (TPSA) is 67.8 Å². The van der Waals surface area contributed by atoms with Gasteiger partial charge in [0.15, 0.2) is 11.5 Å². The van der Waals surface area contributed by atoms with E-state index in [2.05, 4.69) is 5.32 Å². The number of benzene rings is 2. The van der Waals surface area contributed by atoms with Gasteiger partial charge in [-0.05, 0) is 48.9 Å². The van der Waals surface area contributed by atoms with Crippen molar-refractivity contribution >= 4 is 11.6 Å². The molecule has 5 heteroatoms. The van der Waals surface area contributed by atoms with Gasteiger partial charge in [-0.25, -0.2) is 0 Å². The monoisotopic (exact) mass is 271 g/mol. The van der Waals surface area contributed by atoms with Gasteiger partial charge < -0.3 is 19.9 Å². The van der Waals surface area contributed by atoms with Crippen LogP contribution in [0.4, 0.5) is 5.69 Å². The van der Waals surface area contributed by atoms with Crippen LogP contribution in [0.5, 0.6) is 17.2 Å². The molecule has 0 bridgehead atoms. The van der Waals surface area contributed by atoms with Gasteiger partial charge in [0.2, 0.25) is 6.79 Å². The predicted octanol–water partition coefficient (Wildman–Crippen LogP) is 2.68. The molecule has 1 aliphatic rings. The van der Waals surface area contributed by atoms with Crippen molar-refractivity contribution in [3.8, 4) is 17.2 Å². The van der Waals surface area contributed by atoms with E-state index in [1.165, 1.54) is 6.07 Å². The average molecular weight is 271 g/mol. The molecule has 102 valence electrons. The van der Waals surface area contributed by atoms with Gasteiger partial charge in [-0.1, -0.05) is 0 Å². The SMILES string of the molecule is Cc1cc(O)ccc1NC(=O)c1ccc2c(c1)OCO2. The quantitative estimate of drug-likeness (QED) is 0.824. The zero-order valence-corrected chi connectivity index (χ0v) is 10.8. The third kappa shape index (κ3) is 2.25. The van der Waals surface area contributed by atoms with Crippen molar-refractivity contribution in [2.24, 2.45) is 0 Å². The minimum absolute atomic E-state index is 0.170. The molecular formula is C15H13NO4. The Labute approximate surface area is 115 Å². The molecule has 0 aliphatic carbocycles. The summed E-state index contributed by atoms with van der Waals surface area (Å²) >= 11 is 0. The van der Waals surface area contributed by atoms with E-state index in [1.54, 1.807) is 30.3 Å². The summed E-state index contributed by atoms with van der Waals surface area (Å²) in [4.78, 5) is 12.2. The van der Waals surface area contributed by atoms with Gasteiger partial charge in [0.05, 0.1) is 0 Å². The number of carbonyl (C=O) groups excluding carboxylic acids is 1. The first-order valence-corrected chi connectivity index (χ1v) is 6.14. The molecule has 0 atom stereocenters. The number of phenols is 1. The molecule has 1 aliphatic heterocycles. The molecule has 20 heavy (non-hydrogen) atoms. The van der Waals surface area contributed by atoms with Gasteiger partial charge in [0.25, 0.3) is 5.91 Å². The molecule has 0 spiro atoms. The number of aromatic hydroxyl groups is 1. The van der Waals surface area contributed by atoms with Crippen molar-refractivity contribution in [1.82, 2.24) is 0 Å². The van der Waals surface area contributed by atoms with E-state index in [-0.39, 0.29) is 18.4 Å². The highest BCUT2D eigenvalue weighted by molar-refractivity contribution is 6.05. The maximum atomic E-state index is 12.2. The zero-order chi connectivity index (χ0) is 14.1. The molecule has 0 fully saturated rings. The van der Waals surface area contributed by atoms with Crippen LogP contribution in [0.2, 0.25) is 0 Å². The van der Waals surface area contributed by atoms with Gasteiger partial charge in [-0.15, -0.1) is 0 Å². The molecule has 0 aromatic heterocycles. The lowest BCUT2D eigenvalue weighted by atomic mass is 10.1. The number of phenolic OH excluding ortho intramolecular Hbond substituents is 1.